The van der Waals surface area contributed by atoms with E-state index >= 15 is 0 Å². The minimum atomic E-state index is -3.60. The van der Waals surface area contributed by atoms with Crippen LogP contribution >= 0.6 is 0 Å². The molecule has 3 rings (SSSR count). The Balaban J connectivity index is 2.00. The molecule has 1 heterocycles. The van der Waals surface area contributed by atoms with Crippen LogP contribution in [0.4, 0.5) is 5.69 Å². The lowest BCUT2D eigenvalue weighted by Crippen LogP contribution is -2.35. The van der Waals surface area contributed by atoms with Crippen molar-refractivity contribution in [2.45, 2.75) is 18.4 Å². The first-order chi connectivity index (χ1) is 11.5. The minimum absolute atomic E-state index is 0.283. The molecule has 1 aliphatic heterocycles. The molecule has 1 aliphatic rings. The molecule has 0 unspecified atom stereocenters. The largest absolute Gasteiger partial charge is 0.494 e. The van der Waals surface area contributed by atoms with Crippen LogP contribution in [0.15, 0.2) is 53.4 Å². The number of likely N-dealkylation sites (N-methyl/N-ethyl adjacent to an activating group) is 1. The maximum atomic E-state index is 13.1. The summed E-state index contributed by atoms with van der Waals surface area (Å²) in [6.07, 6.45) is 0. The number of benzene rings is 2. The van der Waals surface area contributed by atoms with Gasteiger partial charge in [0.1, 0.15) is 5.75 Å². The van der Waals surface area contributed by atoms with Crippen LogP contribution in [0, 0.1) is 0 Å². The van der Waals surface area contributed by atoms with Crippen LogP contribution in [0.5, 0.6) is 5.75 Å². The summed E-state index contributed by atoms with van der Waals surface area (Å²) >= 11 is 0. The molecule has 0 aliphatic carbocycles. The molecule has 2 aromatic carbocycles. The molecule has 6 heteroatoms. The van der Waals surface area contributed by atoms with Gasteiger partial charge in [-0.15, -0.1) is 0 Å². The summed E-state index contributed by atoms with van der Waals surface area (Å²) in [4.78, 5) is 2.41. The molecule has 0 aromatic heterocycles. The normalized spacial score (nSPS) is 15.7. The summed E-state index contributed by atoms with van der Waals surface area (Å²) in [5.74, 6) is 0.674. The van der Waals surface area contributed by atoms with Gasteiger partial charge in [0.05, 0.1) is 17.2 Å². The molecular formula is C18H22N2O3S. The van der Waals surface area contributed by atoms with Crippen molar-refractivity contribution < 1.29 is 13.2 Å². The van der Waals surface area contributed by atoms with Gasteiger partial charge in [0, 0.05) is 19.6 Å². The van der Waals surface area contributed by atoms with E-state index in [0.717, 1.165) is 17.8 Å². The number of sulfonamides is 1. The van der Waals surface area contributed by atoms with Crippen molar-refractivity contribution in [2.75, 3.05) is 31.0 Å². The van der Waals surface area contributed by atoms with Crippen LogP contribution in [-0.4, -0.2) is 40.1 Å². The number of hydrogen-bond donors (Lipinski definition) is 0. The number of nitrogens with zero attached hydrogens (tertiary/aromatic N) is 2. The lowest BCUT2D eigenvalue weighted by atomic mass is 10.2. The predicted octanol–water partition coefficient (Wildman–Crippen LogP) is 2.73. The number of anilines is 1. The molecule has 0 saturated carbocycles. The van der Waals surface area contributed by atoms with Crippen LogP contribution in [0.25, 0.3) is 0 Å². The van der Waals surface area contributed by atoms with E-state index in [1.807, 2.05) is 38.2 Å². The number of fused-ring (bicyclic) bond motifs is 1. The fourth-order valence-corrected chi connectivity index (χ4v) is 4.38. The highest BCUT2D eigenvalue weighted by Crippen LogP contribution is 2.30. The van der Waals surface area contributed by atoms with E-state index in [2.05, 4.69) is 4.90 Å². The SMILES string of the molecule is CCOc1ccc(S(=O)(=O)N2CCN(C)Cc3ccccc32)cc1. The first-order valence-electron chi connectivity index (χ1n) is 8.04. The molecule has 0 fully saturated rings. The summed E-state index contributed by atoms with van der Waals surface area (Å²) in [5, 5.41) is 0. The van der Waals surface area contributed by atoms with E-state index < -0.39 is 10.0 Å². The lowest BCUT2D eigenvalue weighted by molar-refractivity contribution is 0.340. The predicted molar refractivity (Wildman–Crippen MR) is 94.9 cm³/mol. The first kappa shape index (κ1) is 16.8. The first-order valence-corrected chi connectivity index (χ1v) is 9.48. The van der Waals surface area contributed by atoms with Gasteiger partial charge in [-0.05, 0) is 49.9 Å². The average molecular weight is 346 g/mol. The van der Waals surface area contributed by atoms with E-state index in [1.165, 1.54) is 4.31 Å². The summed E-state index contributed by atoms with van der Waals surface area (Å²) in [6, 6.07) is 14.3. The molecule has 0 amide bonds. The average Bonchev–Trinajstić information content (AvgIpc) is 2.74. The quantitative estimate of drug-likeness (QED) is 0.854. The Bertz CT molecular complexity index is 803. The van der Waals surface area contributed by atoms with Crippen LogP contribution < -0.4 is 9.04 Å². The zero-order valence-electron chi connectivity index (χ0n) is 14.0. The molecule has 0 bridgehead atoms. The third-order valence-corrected chi connectivity index (χ3v) is 5.94. The van der Waals surface area contributed by atoms with E-state index in [1.54, 1.807) is 24.3 Å². The third kappa shape index (κ3) is 3.25. The third-order valence-electron chi connectivity index (χ3n) is 4.11. The zero-order chi connectivity index (χ0) is 17.2. The highest BCUT2D eigenvalue weighted by molar-refractivity contribution is 7.92. The van der Waals surface area contributed by atoms with Crippen molar-refractivity contribution >= 4 is 15.7 Å². The highest BCUT2D eigenvalue weighted by atomic mass is 32.2. The van der Waals surface area contributed by atoms with Crippen LogP contribution in [-0.2, 0) is 16.6 Å². The summed E-state index contributed by atoms with van der Waals surface area (Å²) < 4.78 is 33.2. The number of hydrogen-bond acceptors (Lipinski definition) is 4. The van der Waals surface area contributed by atoms with Crippen LogP contribution in [0.1, 0.15) is 12.5 Å². The maximum Gasteiger partial charge on any atom is 0.264 e. The minimum Gasteiger partial charge on any atom is -0.494 e. The number of para-hydroxylation sites is 1. The Morgan fingerprint density at radius 3 is 2.46 bits per heavy atom. The Morgan fingerprint density at radius 1 is 1.04 bits per heavy atom. The molecule has 128 valence electrons. The number of ether oxygens (including phenoxy) is 1. The number of rotatable bonds is 4. The smallest absolute Gasteiger partial charge is 0.264 e. The van der Waals surface area contributed by atoms with Crippen LogP contribution in [0.2, 0.25) is 0 Å². The van der Waals surface area contributed by atoms with Gasteiger partial charge in [0.15, 0.2) is 0 Å². The Labute approximate surface area is 143 Å². The van der Waals surface area contributed by atoms with Gasteiger partial charge < -0.3 is 9.64 Å². The van der Waals surface area contributed by atoms with Gasteiger partial charge in [-0.2, -0.15) is 0 Å². The van der Waals surface area contributed by atoms with Gasteiger partial charge in [0.2, 0.25) is 0 Å². The van der Waals surface area contributed by atoms with Gasteiger partial charge in [-0.25, -0.2) is 8.42 Å². The van der Waals surface area contributed by atoms with Crippen LogP contribution in [0.3, 0.4) is 0 Å². The van der Waals surface area contributed by atoms with Crippen molar-refractivity contribution in [1.82, 2.24) is 4.90 Å². The summed E-state index contributed by atoms with van der Waals surface area (Å²) in [7, 11) is -1.60. The van der Waals surface area contributed by atoms with Crippen molar-refractivity contribution in [3.8, 4) is 5.75 Å². The molecule has 0 N–H and O–H groups in total. The second kappa shape index (κ2) is 6.83. The van der Waals surface area contributed by atoms with Crippen molar-refractivity contribution in [3.05, 3.63) is 54.1 Å². The molecule has 0 radical (unpaired) electrons. The monoisotopic (exact) mass is 346 g/mol. The molecule has 24 heavy (non-hydrogen) atoms. The van der Waals surface area contributed by atoms with E-state index in [9.17, 15) is 8.42 Å². The van der Waals surface area contributed by atoms with E-state index in [0.29, 0.717) is 25.4 Å². The highest BCUT2D eigenvalue weighted by Gasteiger charge is 2.28. The van der Waals surface area contributed by atoms with Gasteiger partial charge >= 0.3 is 0 Å². The molecule has 0 saturated heterocycles. The topological polar surface area (TPSA) is 49.9 Å². The Morgan fingerprint density at radius 2 is 1.75 bits per heavy atom. The molecule has 5 nitrogen and oxygen atoms in total. The standard InChI is InChI=1S/C18H22N2O3S/c1-3-23-16-8-10-17(11-9-16)24(21,22)20-13-12-19(2)14-15-6-4-5-7-18(15)20/h4-11H,3,12-14H2,1-2H3. The van der Waals surface area contributed by atoms with E-state index in [-0.39, 0.29) is 4.90 Å². The lowest BCUT2D eigenvalue weighted by Gasteiger charge is -2.24. The zero-order valence-corrected chi connectivity index (χ0v) is 14.8. The maximum absolute atomic E-state index is 13.1. The summed E-state index contributed by atoms with van der Waals surface area (Å²) in [5.41, 5.74) is 1.78. The fraction of sp³-hybridized carbons (Fsp3) is 0.333. The van der Waals surface area contributed by atoms with Crippen molar-refractivity contribution in [2.24, 2.45) is 0 Å². The van der Waals surface area contributed by atoms with Gasteiger partial charge in [0.25, 0.3) is 10.0 Å². The molecule has 0 spiro atoms. The molecular weight excluding hydrogens is 324 g/mol. The van der Waals surface area contributed by atoms with E-state index in [4.69, 9.17) is 4.74 Å². The second-order valence-electron chi connectivity index (χ2n) is 5.85. The van der Waals surface area contributed by atoms with Gasteiger partial charge in [-0.1, -0.05) is 18.2 Å². The van der Waals surface area contributed by atoms with Crippen molar-refractivity contribution in [1.29, 1.82) is 0 Å². The molecule has 2 aromatic rings. The second-order valence-corrected chi connectivity index (χ2v) is 7.71. The van der Waals surface area contributed by atoms with Gasteiger partial charge in [-0.3, -0.25) is 4.31 Å². The fourth-order valence-electron chi connectivity index (χ4n) is 2.89. The Hall–Kier alpha value is -2.05. The summed E-state index contributed by atoms with van der Waals surface area (Å²) in [6.45, 7) is 4.31. The molecule has 0 atom stereocenters. The Kier molecular flexibility index (Phi) is 4.78. The van der Waals surface area contributed by atoms with Crippen molar-refractivity contribution in [3.63, 3.8) is 0 Å².